The van der Waals surface area contributed by atoms with E-state index in [1.165, 1.54) is 12.1 Å². The van der Waals surface area contributed by atoms with Crippen LogP contribution in [0, 0.1) is 11.7 Å². The highest BCUT2D eigenvalue weighted by Crippen LogP contribution is 2.25. The maximum Gasteiger partial charge on any atom is 0.162 e. The van der Waals surface area contributed by atoms with Gasteiger partial charge in [0.2, 0.25) is 0 Å². The van der Waals surface area contributed by atoms with Crippen molar-refractivity contribution in [2.24, 2.45) is 5.92 Å². The molecule has 4 heterocycles. The van der Waals surface area contributed by atoms with Gasteiger partial charge in [0.05, 0.1) is 17.4 Å². The lowest BCUT2D eigenvalue weighted by Gasteiger charge is -2.32. The maximum absolute atomic E-state index is 13.4. The second-order valence-corrected chi connectivity index (χ2v) is 9.47. The van der Waals surface area contributed by atoms with Gasteiger partial charge in [-0.05, 0) is 61.7 Å². The zero-order chi connectivity index (χ0) is 24.3. The molecule has 5 aromatic rings. The molecule has 1 aliphatic heterocycles. The summed E-state index contributed by atoms with van der Waals surface area (Å²) in [5.74, 6) is 2.29. The van der Waals surface area contributed by atoms with Gasteiger partial charge in [-0.2, -0.15) is 0 Å². The summed E-state index contributed by atoms with van der Waals surface area (Å²) >= 11 is 0. The molecule has 3 aromatic heterocycles. The third-order valence-corrected chi connectivity index (χ3v) is 7.10. The van der Waals surface area contributed by atoms with Crippen LogP contribution in [0.15, 0.2) is 61.2 Å². The van der Waals surface area contributed by atoms with E-state index >= 15 is 0 Å². The average Bonchev–Trinajstić information content (AvgIpc) is 3.52. The molecule has 184 valence electrons. The lowest BCUT2D eigenvalue weighted by molar-refractivity contribution is 0.188. The Bertz CT molecular complexity index is 1450. The normalized spacial score (nSPS) is 15.1. The zero-order valence-electron chi connectivity index (χ0n) is 20.1. The number of anilines is 1. The van der Waals surface area contributed by atoms with Crippen LogP contribution < -0.4 is 5.32 Å². The number of hydrogen-bond acceptors (Lipinski definition) is 6. The number of halogens is 1. The largest absolute Gasteiger partial charge is 0.367 e. The molecule has 1 fully saturated rings. The van der Waals surface area contributed by atoms with E-state index in [0.29, 0.717) is 12.5 Å². The van der Waals surface area contributed by atoms with E-state index in [1.54, 1.807) is 12.7 Å². The highest BCUT2D eigenvalue weighted by atomic mass is 19.1. The molecular formula is C27H29FN8. The first-order valence-electron chi connectivity index (χ1n) is 12.5. The molecule has 0 spiro atoms. The summed E-state index contributed by atoms with van der Waals surface area (Å²) in [5.41, 5.74) is 4.77. The van der Waals surface area contributed by atoms with Crippen LogP contribution in [0.2, 0.25) is 0 Å². The molecule has 2 N–H and O–H groups in total. The molecular weight excluding hydrogens is 455 g/mol. The topological polar surface area (TPSA) is 87.5 Å². The van der Waals surface area contributed by atoms with Crippen LogP contribution in [0.5, 0.6) is 0 Å². The van der Waals surface area contributed by atoms with Crippen molar-refractivity contribution in [1.82, 2.24) is 34.4 Å². The predicted molar refractivity (Wildman–Crippen MR) is 138 cm³/mol. The lowest BCUT2D eigenvalue weighted by Crippen LogP contribution is -2.37. The first-order valence-corrected chi connectivity index (χ1v) is 12.5. The molecule has 0 unspecified atom stereocenters. The molecule has 0 bridgehead atoms. The van der Waals surface area contributed by atoms with Crippen molar-refractivity contribution in [3.8, 4) is 0 Å². The summed E-state index contributed by atoms with van der Waals surface area (Å²) in [6.45, 7) is 4.63. The number of H-pyrrole nitrogens is 1. The number of aromatic nitrogens is 6. The SMILES string of the molecule is Fc1ccc(Cn2c(CC3CCN(CCNc4ncnc5[nH]cnc45)CC3)nc3ccccc32)cc1. The number of para-hydroxylation sites is 2. The smallest absolute Gasteiger partial charge is 0.162 e. The van der Waals surface area contributed by atoms with E-state index in [2.05, 4.69) is 52.9 Å². The Kier molecular flexibility index (Phi) is 6.29. The molecule has 0 aliphatic carbocycles. The summed E-state index contributed by atoms with van der Waals surface area (Å²) in [5, 5.41) is 3.41. The maximum atomic E-state index is 13.4. The van der Waals surface area contributed by atoms with Crippen LogP contribution in [0.25, 0.3) is 22.2 Å². The number of benzene rings is 2. The number of fused-ring (bicyclic) bond motifs is 2. The van der Waals surface area contributed by atoms with Crippen molar-refractivity contribution < 1.29 is 4.39 Å². The first kappa shape index (κ1) is 22.6. The molecule has 9 heteroatoms. The minimum absolute atomic E-state index is 0.206. The van der Waals surface area contributed by atoms with Gasteiger partial charge < -0.3 is 19.8 Å². The quantitative estimate of drug-likeness (QED) is 0.342. The van der Waals surface area contributed by atoms with Gasteiger partial charge in [0.15, 0.2) is 11.5 Å². The fourth-order valence-electron chi connectivity index (χ4n) is 5.13. The van der Waals surface area contributed by atoms with Crippen LogP contribution in [0.4, 0.5) is 10.2 Å². The van der Waals surface area contributed by atoms with E-state index in [-0.39, 0.29) is 5.82 Å². The summed E-state index contributed by atoms with van der Waals surface area (Å²) < 4.78 is 15.7. The minimum atomic E-state index is -0.206. The number of aromatic amines is 1. The minimum Gasteiger partial charge on any atom is -0.367 e. The Balaban J connectivity index is 1.07. The molecule has 0 saturated carbocycles. The summed E-state index contributed by atoms with van der Waals surface area (Å²) in [6, 6.07) is 15.1. The molecule has 0 radical (unpaired) electrons. The first-order chi connectivity index (χ1) is 17.7. The summed E-state index contributed by atoms with van der Waals surface area (Å²) in [4.78, 5) is 23.3. The number of likely N-dealkylation sites (tertiary alicyclic amines) is 1. The third-order valence-electron chi connectivity index (χ3n) is 7.10. The Morgan fingerprint density at radius 1 is 1.00 bits per heavy atom. The Morgan fingerprint density at radius 3 is 2.69 bits per heavy atom. The van der Waals surface area contributed by atoms with Crippen molar-refractivity contribution in [2.45, 2.75) is 25.8 Å². The van der Waals surface area contributed by atoms with E-state index < -0.39 is 0 Å². The number of hydrogen-bond donors (Lipinski definition) is 2. The molecule has 0 atom stereocenters. The summed E-state index contributed by atoms with van der Waals surface area (Å²) in [6.07, 6.45) is 6.45. The number of rotatable bonds is 8. The van der Waals surface area contributed by atoms with E-state index in [0.717, 1.165) is 84.8 Å². The number of nitrogens with one attached hydrogen (secondary N) is 2. The van der Waals surface area contributed by atoms with Gasteiger partial charge in [-0.3, -0.25) is 0 Å². The molecule has 1 aliphatic rings. The Labute approximate surface area is 208 Å². The molecule has 0 amide bonds. The van der Waals surface area contributed by atoms with Crippen molar-refractivity contribution >= 4 is 28.0 Å². The third kappa shape index (κ3) is 4.79. The number of imidazole rings is 2. The standard InChI is InChI=1S/C27H29FN8/c28-21-7-5-20(6-8-21)16-36-23-4-2-1-3-22(23)34-24(36)15-19-9-12-35(13-10-19)14-11-29-26-25-27(31-17-30-25)33-18-32-26/h1-8,17-19H,9-16H2,(H2,29,30,31,32,33). The number of piperidine rings is 1. The molecule has 36 heavy (non-hydrogen) atoms. The molecule has 1 saturated heterocycles. The van der Waals surface area contributed by atoms with Gasteiger partial charge in [0.1, 0.15) is 23.5 Å². The van der Waals surface area contributed by atoms with Crippen LogP contribution in [0.1, 0.15) is 24.2 Å². The molecule has 8 nitrogen and oxygen atoms in total. The predicted octanol–water partition coefficient (Wildman–Crippen LogP) is 4.26. The zero-order valence-corrected chi connectivity index (χ0v) is 20.1. The average molecular weight is 485 g/mol. The van der Waals surface area contributed by atoms with Crippen LogP contribution in [-0.2, 0) is 13.0 Å². The van der Waals surface area contributed by atoms with Crippen LogP contribution >= 0.6 is 0 Å². The monoisotopic (exact) mass is 484 g/mol. The van der Waals surface area contributed by atoms with Gasteiger partial charge >= 0.3 is 0 Å². The van der Waals surface area contributed by atoms with Crippen molar-refractivity contribution in [2.75, 3.05) is 31.5 Å². The molecule has 6 rings (SSSR count). The highest BCUT2D eigenvalue weighted by Gasteiger charge is 2.22. The van der Waals surface area contributed by atoms with Gasteiger partial charge in [-0.25, -0.2) is 24.3 Å². The van der Waals surface area contributed by atoms with Gasteiger partial charge in [-0.1, -0.05) is 24.3 Å². The van der Waals surface area contributed by atoms with Crippen molar-refractivity contribution in [3.63, 3.8) is 0 Å². The Hall–Kier alpha value is -3.85. The van der Waals surface area contributed by atoms with E-state index in [4.69, 9.17) is 4.98 Å². The van der Waals surface area contributed by atoms with E-state index in [9.17, 15) is 4.39 Å². The second kappa shape index (κ2) is 10.0. The van der Waals surface area contributed by atoms with E-state index in [1.807, 2.05) is 18.2 Å². The van der Waals surface area contributed by atoms with Crippen molar-refractivity contribution in [1.29, 1.82) is 0 Å². The van der Waals surface area contributed by atoms with Crippen LogP contribution in [-0.4, -0.2) is 60.6 Å². The van der Waals surface area contributed by atoms with Gasteiger partial charge in [-0.15, -0.1) is 0 Å². The van der Waals surface area contributed by atoms with Gasteiger partial charge in [0.25, 0.3) is 0 Å². The summed E-state index contributed by atoms with van der Waals surface area (Å²) in [7, 11) is 0. The fraction of sp³-hybridized carbons (Fsp3) is 0.333. The molecule has 2 aromatic carbocycles. The lowest BCUT2D eigenvalue weighted by atomic mass is 9.93. The Morgan fingerprint density at radius 2 is 1.83 bits per heavy atom. The van der Waals surface area contributed by atoms with Crippen LogP contribution in [0.3, 0.4) is 0 Å². The second-order valence-electron chi connectivity index (χ2n) is 9.47. The number of nitrogens with zero attached hydrogens (tertiary/aromatic N) is 6. The van der Waals surface area contributed by atoms with Crippen molar-refractivity contribution in [3.05, 3.63) is 78.4 Å². The fourth-order valence-corrected chi connectivity index (χ4v) is 5.13. The van der Waals surface area contributed by atoms with Gasteiger partial charge in [0, 0.05) is 26.1 Å². The highest BCUT2D eigenvalue weighted by molar-refractivity contribution is 5.81.